The third kappa shape index (κ3) is 4.55. The van der Waals surface area contributed by atoms with Crippen molar-refractivity contribution in [3.05, 3.63) is 66.6 Å². The van der Waals surface area contributed by atoms with Crippen LogP contribution < -0.4 is 10.6 Å². The number of amides is 1. The highest BCUT2D eigenvalue weighted by atomic mass is 16.1. The van der Waals surface area contributed by atoms with Gasteiger partial charge in [-0.05, 0) is 38.1 Å². The number of nitrogens with one attached hydrogen (secondary N) is 2. The summed E-state index contributed by atoms with van der Waals surface area (Å²) in [5.74, 6) is -0.0154. The second-order valence-electron chi connectivity index (χ2n) is 6.35. The summed E-state index contributed by atoms with van der Waals surface area (Å²) in [5.41, 5.74) is 3.81. The number of nitrogens with zero attached hydrogens (tertiary/aromatic N) is 3. The quantitative estimate of drug-likeness (QED) is 0.688. The van der Waals surface area contributed by atoms with Gasteiger partial charge in [0.1, 0.15) is 0 Å². The van der Waals surface area contributed by atoms with E-state index in [1.807, 2.05) is 67.2 Å². The molecule has 0 unspecified atom stereocenters. The number of aromatic nitrogens is 3. The van der Waals surface area contributed by atoms with Gasteiger partial charge in [-0.25, -0.2) is 4.68 Å². The average Bonchev–Trinajstić information content (AvgIpc) is 3.07. The lowest BCUT2D eigenvalue weighted by atomic mass is 10.1. The van der Waals surface area contributed by atoms with Crippen molar-refractivity contribution >= 4 is 5.91 Å². The van der Waals surface area contributed by atoms with Gasteiger partial charge in [-0.1, -0.05) is 18.2 Å². The molecule has 0 saturated carbocycles. The Balaban J connectivity index is 1.81. The van der Waals surface area contributed by atoms with E-state index >= 15 is 0 Å². The third-order valence-electron chi connectivity index (χ3n) is 3.80. The minimum Gasteiger partial charge on any atom is -0.353 e. The van der Waals surface area contributed by atoms with Crippen molar-refractivity contribution in [1.29, 1.82) is 0 Å². The van der Waals surface area contributed by atoms with Crippen LogP contribution in [0.25, 0.3) is 16.9 Å². The van der Waals surface area contributed by atoms with Gasteiger partial charge in [0.2, 0.25) is 5.91 Å². The van der Waals surface area contributed by atoms with Gasteiger partial charge in [-0.3, -0.25) is 9.78 Å². The van der Waals surface area contributed by atoms with Crippen molar-refractivity contribution in [3.8, 4) is 16.9 Å². The predicted molar refractivity (Wildman–Crippen MR) is 102 cm³/mol. The van der Waals surface area contributed by atoms with Gasteiger partial charge in [0.25, 0.3) is 0 Å². The van der Waals surface area contributed by atoms with E-state index in [1.54, 1.807) is 12.4 Å². The van der Waals surface area contributed by atoms with E-state index in [0.717, 1.165) is 22.5 Å². The number of carbonyl (C=O) groups is 1. The van der Waals surface area contributed by atoms with Gasteiger partial charge >= 0.3 is 0 Å². The van der Waals surface area contributed by atoms with Crippen molar-refractivity contribution in [1.82, 2.24) is 25.4 Å². The first-order valence-corrected chi connectivity index (χ1v) is 8.68. The Morgan fingerprint density at radius 3 is 2.65 bits per heavy atom. The van der Waals surface area contributed by atoms with Crippen LogP contribution in [-0.4, -0.2) is 33.3 Å². The molecule has 6 nitrogen and oxygen atoms in total. The van der Waals surface area contributed by atoms with Gasteiger partial charge in [0, 0.05) is 42.3 Å². The molecule has 2 heterocycles. The summed E-state index contributed by atoms with van der Waals surface area (Å²) in [5, 5.41) is 10.8. The Bertz CT molecular complexity index is 843. The zero-order chi connectivity index (χ0) is 18.4. The van der Waals surface area contributed by atoms with Crippen LogP contribution in [0.2, 0.25) is 0 Å². The molecule has 2 aromatic heterocycles. The minimum absolute atomic E-state index is 0.0154. The molecular formula is C20H23N5O. The molecule has 0 saturated heterocycles. The lowest BCUT2D eigenvalue weighted by molar-refractivity contribution is -0.120. The standard InChI is InChI=1S/C20H23N5O/c1-15(2)23-19(26)13-22-12-17-14-25(18-8-4-3-5-9-18)24-20(17)16-7-6-10-21-11-16/h3-11,14-15,22H,12-13H2,1-2H3,(H,23,26). The molecule has 0 aliphatic rings. The van der Waals surface area contributed by atoms with Crippen molar-refractivity contribution in [2.24, 2.45) is 0 Å². The van der Waals surface area contributed by atoms with Crippen LogP contribution >= 0.6 is 0 Å². The van der Waals surface area contributed by atoms with E-state index in [4.69, 9.17) is 5.10 Å². The van der Waals surface area contributed by atoms with E-state index in [1.165, 1.54) is 0 Å². The molecule has 0 spiro atoms. The van der Waals surface area contributed by atoms with E-state index < -0.39 is 0 Å². The number of hydrogen-bond acceptors (Lipinski definition) is 4. The van der Waals surface area contributed by atoms with Crippen molar-refractivity contribution in [3.63, 3.8) is 0 Å². The number of carbonyl (C=O) groups excluding carboxylic acids is 1. The Kier molecular flexibility index (Phi) is 5.76. The van der Waals surface area contributed by atoms with Crippen LogP contribution in [0.1, 0.15) is 19.4 Å². The van der Waals surface area contributed by atoms with Crippen LogP contribution in [0.15, 0.2) is 61.1 Å². The molecule has 1 aromatic carbocycles. The van der Waals surface area contributed by atoms with Gasteiger partial charge in [0.15, 0.2) is 0 Å². The maximum Gasteiger partial charge on any atom is 0.234 e. The fourth-order valence-corrected chi connectivity index (χ4v) is 2.68. The van der Waals surface area contributed by atoms with Crippen LogP contribution in [0.4, 0.5) is 0 Å². The Morgan fingerprint density at radius 2 is 1.96 bits per heavy atom. The highest BCUT2D eigenvalue weighted by Crippen LogP contribution is 2.22. The van der Waals surface area contributed by atoms with E-state index in [2.05, 4.69) is 15.6 Å². The largest absolute Gasteiger partial charge is 0.353 e. The third-order valence-corrected chi connectivity index (χ3v) is 3.80. The van der Waals surface area contributed by atoms with E-state index in [-0.39, 0.29) is 18.5 Å². The fourth-order valence-electron chi connectivity index (χ4n) is 2.68. The molecule has 6 heteroatoms. The molecule has 0 fully saturated rings. The Morgan fingerprint density at radius 1 is 1.15 bits per heavy atom. The van der Waals surface area contributed by atoms with Crippen LogP contribution in [0.5, 0.6) is 0 Å². The Labute approximate surface area is 153 Å². The first kappa shape index (κ1) is 17.8. The summed E-state index contributed by atoms with van der Waals surface area (Å²) in [6.07, 6.45) is 5.53. The lowest BCUT2D eigenvalue weighted by Gasteiger charge is -2.09. The van der Waals surface area contributed by atoms with Crippen LogP contribution in [-0.2, 0) is 11.3 Å². The summed E-state index contributed by atoms with van der Waals surface area (Å²) in [7, 11) is 0. The number of pyridine rings is 1. The van der Waals surface area contributed by atoms with Gasteiger partial charge in [-0.2, -0.15) is 5.10 Å². The minimum atomic E-state index is -0.0154. The second-order valence-corrected chi connectivity index (χ2v) is 6.35. The first-order valence-electron chi connectivity index (χ1n) is 8.68. The van der Waals surface area contributed by atoms with Gasteiger partial charge in [0.05, 0.1) is 17.9 Å². The molecule has 0 atom stereocenters. The summed E-state index contributed by atoms with van der Waals surface area (Å²) in [6.45, 7) is 4.70. The number of benzene rings is 1. The number of rotatable bonds is 7. The molecule has 0 bridgehead atoms. The normalized spacial score (nSPS) is 10.9. The SMILES string of the molecule is CC(C)NC(=O)CNCc1cn(-c2ccccc2)nc1-c1cccnc1. The molecular weight excluding hydrogens is 326 g/mol. The van der Waals surface area contributed by atoms with Crippen molar-refractivity contribution < 1.29 is 4.79 Å². The smallest absolute Gasteiger partial charge is 0.234 e. The summed E-state index contributed by atoms with van der Waals surface area (Å²) in [6, 6.07) is 14.0. The monoisotopic (exact) mass is 349 g/mol. The zero-order valence-electron chi connectivity index (χ0n) is 15.0. The second kappa shape index (κ2) is 8.40. The van der Waals surface area contributed by atoms with Crippen molar-refractivity contribution in [2.75, 3.05) is 6.54 Å². The number of hydrogen-bond donors (Lipinski definition) is 2. The molecule has 0 aliphatic heterocycles. The molecule has 3 aromatic rings. The van der Waals surface area contributed by atoms with E-state index in [0.29, 0.717) is 6.54 Å². The predicted octanol–water partition coefficient (Wildman–Crippen LogP) is 2.55. The summed E-state index contributed by atoms with van der Waals surface area (Å²) >= 11 is 0. The average molecular weight is 349 g/mol. The maximum atomic E-state index is 11.8. The Hall–Kier alpha value is -2.99. The van der Waals surface area contributed by atoms with Crippen LogP contribution in [0, 0.1) is 0 Å². The number of para-hydroxylation sites is 1. The molecule has 2 N–H and O–H groups in total. The summed E-state index contributed by atoms with van der Waals surface area (Å²) in [4.78, 5) is 16.0. The van der Waals surface area contributed by atoms with Crippen LogP contribution in [0.3, 0.4) is 0 Å². The lowest BCUT2D eigenvalue weighted by Crippen LogP contribution is -2.37. The topological polar surface area (TPSA) is 71.8 Å². The highest BCUT2D eigenvalue weighted by Gasteiger charge is 2.13. The molecule has 26 heavy (non-hydrogen) atoms. The zero-order valence-corrected chi connectivity index (χ0v) is 15.0. The van der Waals surface area contributed by atoms with Gasteiger partial charge < -0.3 is 10.6 Å². The van der Waals surface area contributed by atoms with E-state index in [9.17, 15) is 4.79 Å². The molecule has 1 amide bonds. The van der Waals surface area contributed by atoms with Gasteiger partial charge in [-0.15, -0.1) is 0 Å². The molecule has 134 valence electrons. The molecule has 0 radical (unpaired) electrons. The summed E-state index contributed by atoms with van der Waals surface area (Å²) < 4.78 is 1.85. The molecule has 0 aliphatic carbocycles. The van der Waals surface area contributed by atoms with Crippen molar-refractivity contribution in [2.45, 2.75) is 26.4 Å². The molecule has 3 rings (SSSR count). The maximum absolute atomic E-state index is 11.8. The first-order chi connectivity index (χ1) is 12.6. The fraction of sp³-hybridized carbons (Fsp3) is 0.250. The highest BCUT2D eigenvalue weighted by molar-refractivity contribution is 5.78.